The maximum atomic E-state index is 13.4. The zero-order valence-electron chi connectivity index (χ0n) is 10.0. The standard InChI is InChI=1S/C12H15ClFNO2/c1-12(2,11(16)17-3)7-15-10-6-8(13)4-5-9(10)14/h4-6,15H,7H2,1-3H3. The molecule has 0 aromatic heterocycles. The second-order valence-electron chi connectivity index (χ2n) is 4.35. The molecule has 0 spiro atoms. The van der Waals surface area contributed by atoms with Crippen LogP contribution in [-0.2, 0) is 9.53 Å². The number of anilines is 1. The van der Waals surface area contributed by atoms with E-state index < -0.39 is 11.2 Å². The SMILES string of the molecule is COC(=O)C(C)(C)CNc1cc(Cl)ccc1F. The van der Waals surface area contributed by atoms with Crippen molar-refractivity contribution in [2.45, 2.75) is 13.8 Å². The van der Waals surface area contributed by atoms with Crippen LogP contribution in [0.5, 0.6) is 0 Å². The highest BCUT2D eigenvalue weighted by molar-refractivity contribution is 6.30. The molecule has 0 bridgehead atoms. The molecule has 0 aliphatic heterocycles. The summed E-state index contributed by atoms with van der Waals surface area (Å²) >= 11 is 5.76. The normalized spacial score (nSPS) is 11.1. The lowest BCUT2D eigenvalue weighted by Gasteiger charge is -2.22. The van der Waals surface area contributed by atoms with E-state index in [2.05, 4.69) is 10.1 Å². The Balaban J connectivity index is 2.73. The minimum absolute atomic E-state index is 0.261. The van der Waals surface area contributed by atoms with Crippen LogP contribution in [0.15, 0.2) is 18.2 Å². The van der Waals surface area contributed by atoms with Gasteiger partial charge >= 0.3 is 5.97 Å². The van der Waals surface area contributed by atoms with Gasteiger partial charge in [-0.3, -0.25) is 4.79 Å². The van der Waals surface area contributed by atoms with Crippen molar-refractivity contribution in [3.8, 4) is 0 Å². The lowest BCUT2D eigenvalue weighted by Crippen LogP contribution is -2.33. The summed E-state index contributed by atoms with van der Waals surface area (Å²) in [6.07, 6.45) is 0. The number of carbonyl (C=O) groups excluding carboxylic acids is 1. The maximum Gasteiger partial charge on any atom is 0.313 e. The fraction of sp³-hybridized carbons (Fsp3) is 0.417. The van der Waals surface area contributed by atoms with Gasteiger partial charge in [0.1, 0.15) is 5.82 Å². The van der Waals surface area contributed by atoms with E-state index in [1.54, 1.807) is 13.8 Å². The van der Waals surface area contributed by atoms with Gasteiger partial charge in [-0.25, -0.2) is 4.39 Å². The molecule has 1 aromatic rings. The van der Waals surface area contributed by atoms with E-state index in [1.165, 1.54) is 25.3 Å². The van der Waals surface area contributed by atoms with Crippen LogP contribution in [0.4, 0.5) is 10.1 Å². The molecule has 0 heterocycles. The van der Waals surface area contributed by atoms with Crippen LogP contribution >= 0.6 is 11.6 Å². The summed E-state index contributed by atoms with van der Waals surface area (Å²) in [5, 5.41) is 3.28. The van der Waals surface area contributed by atoms with Crippen LogP contribution in [0.2, 0.25) is 5.02 Å². The Morgan fingerprint density at radius 1 is 1.53 bits per heavy atom. The number of halogens is 2. The molecule has 0 atom stereocenters. The number of carbonyl (C=O) groups is 1. The Morgan fingerprint density at radius 2 is 2.18 bits per heavy atom. The Bertz CT molecular complexity index is 421. The van der Waals surface area contributed by atoms with E-state index in [9.17, 15) is 9.18 Å². The number of rotatable bonds is 4. The van der Waals surface area contributed by atoms with Crippen molar-refractivity contribution < 1.29 is 13.9 Å². The van der Waals surface area contributed by atoms with Crippen molar-refractivity contribution in [1.29, 1.82) is 0 Å². The average Bonchev–Trinajstić information content (AvgIpc) is 2.29. The molecule has 3 nitrogen and oxygen atoms in total. The van der Waals surface area contributed by atoms with Crippen molar-refractivity contribution in [1.82, 2.24) is 0 Å². The lowest BCUT2D eigenvalue weighted by atomic mass is 9.93. The molecule has 1 N–H and O–H groups in total. The van der Waals surface area contributed by atoms with Gasteiger partial charge in [0, 0.05) is 11.6 Å². The minimum Gasteiger partial charge on any atom is -0.469 e. The molecule has 0 fully saturated rings. The van der Waals surface area contributed by atoms with Crippen LogP contribution < -0.4 is 5.32 Å². The summed E-state index contributed by atoms with van der Waals surface area (Å²) < 4.78 is 18.0. The first-order chi connectivity index (χ1) is 7.86. The fourth-order valence-electron chi connectivity index (χ4n) is 1.30. The molecular weight excluding hydrogens is 245 g/mol. The van der Waals surface area contributed by atoms with Crippen LogP contribution in [0, 0.1) is 11.2 Å². The van der Waals surface area contributed by atoms with E-state index in [0.717, 1.165) is 0 Å². The minimum atomic E-state index is -0.733. The third-order valence-electron chi connectivity index (χ3n) is 2.39. The van der Waals surface area contributed by atoms with Gasteiger partial charge in [0.15, 0.2) is 0 Å². The zero-order valence-corrected chi connectivity index (χ0v) is 10.8. The summed E-state index contributed by atoms with van der Waals surface area (Å²) in [6.45, 7) is 3.69. The molecule has 1 rings (SSSR count). The van der Waals surface area contributed by atoms with Gasteiger partial charge in [0.05, 0.1) is 18.2 Å². The Kier molecular flexibility index (Phi) is 4.34. The Labute approximate surface area is 105 Å². The third kappa shape index (κ3) is 3.60. The third-order valence-corrected chi connectivity index (χ3v) is 2.62. The number of hydrogen-bond acceptors (Lipinski definition) is 3. The first kappa shape index (κ1) is 13.8. The Morgan fingerprint density at radius 3 is 2.76 bits per heavy atom. The van der Waals surface area contributed by atoms with Gasteiger partial charge in [0.2, 0.25) is 0 Å². The van der Waals surface area contributed by atoms with Crippen molar-refractivity contribution in [2.24, 2.45) is 5.41 Å². The number of methoxy groups -OCH3 is 1. The number of benzene rings is 1. The monoisotopic (exact) mass is 259 g/mol. The molecule has 0 aliphatic carbocycles. The zero-order chi connectivity index (χ0) is 13.1. The van der Waals surface area contributed by atoms with Crippen molar-refractivity contribution in [3.05, 3.63) is 29.0 Å². The van der Waals surface area contributed by atoms with Crippen LogP contribution in [0.25, 0.3) is 0 Å². The first-order valence-electron chi connectivity index (χ1n) is 5.14. The van der Waals surface area contributed by atoms with Crippen molar-refractivity contribution >= 4 is 23.3 Å². The quantitative estimate of drug-likeness (QED) is 0.845. The second kappa shape index (κ2) is 5.36. The largest absolute Gasteiger partial charge is 0.469 e. The van der Waals surface area contributed by atoms with E-state index >= 15 is 0 Å². The van der Waals surface area contributed by atoms with Crippen molar-refractivity contribution in [2.75, 3.05) is 19.0 Å². The van der Waals surface area contributed by atoms with Gasteiger partial charge in [-0.2, -0.15) is 0 Å². The smallest absolute Gasteiger partial charge is 0.313 e. The second-order valence-corrected chi connectivity index (χ2v) is 4.79. The van der Waals surface area contributed by atoms with Gasteiger partial charge < -0.3 is 10.1 Å². The van der Waals surface area contributed by atoms with E-state index in [-0.39, 0.29) is 18.2 Å². The lowest BCUT2D eigenvalue weighted by molar-refractivity contribution is -0.149. The molecule has 17 heavy (non-hydrogen) atoms. The maximum absolute atomic E-state index is 13.4. The average molecular weight is 260 g/mol. The molecule has 0 aliphatic rings. The highest BCUT2D eigenvalue weighted by atomic mass is 35.5. The van der Waals surface area contributed by atoms with Crippen LogP contribution in [-0.4, -0.2) is 19.6 Å². The molecule has 0 amide bonds. The van der Waals surface area contributed by atoms with Gasteiger partial charge in [0.25, 0.3) is 0 Å². The molecule has 0 radical (unpaired) electrons. The number of esters is 1. The van der Waals surface area contributed by atoms with Gasteiger partial charge in [-0.05, 0) is 32.0 Å². The molecular formula is C12H15ClFNO2. The summed E-state index contributed by atoms with van der Waals surface area (Å²) in [7, 11) is 1.32. The number of nitrogens with one attached hydrogen (secondary N) is 1. The number of ether oxygens (including phenoxy) is 1. The molecule has 94 valence electrons. The predicted octanol–water partition coefficient (Wildman–Crippen LogP) is 3.09. The van der Waals surface area contributed by atoms with Crippen LogP contribution in [0.3, 0.4) is 0 Å². The Hall–Kier alpha value is -1.29. The van der Waals surface area contributed by atoms with Crippen LogP contribution in [0.1, 0.15) is 13.8 Å². The van der Waals surface area contributed by atoms with Crippen molar-refractivity contribution in [3.63, 3.8) is 0 Å². The summed E-state index contributed by atoms with van der Waals surface area (Å²) in [5.41, 5.74) is -0.460. The van der Waals surface area contributed by atoms with E-state index in [0.29, 0.717) is 5.02 Å². The predicted molar refractivity (Wildman–Crippen MR) is 65.7 cm³/mol. The first-order valence-corrected chi connectivity index (χ1v) is 5.52. The fourth-order valence-corrected chi connectivity index (χ4v) is 1.47. The molecule has 1 aromatic carbocycles. The molecule has 0 saturated carbocycles. The van der Waals surface area contributed by atoms with E-state index in [1.807, 2.05) is 0 Å². The molecule has 0 unspecified atom stereocenters. The summed E-state index contributed by atoms with van der Waals surface area (Å²) in [5.74, 6) is -0.762. The summed E-state index contributed by atoms with van der Waals surface area (Å²) in [4.78, 5) is 11.4. The summed E-state index contributed by atoms with van der Waals surface area (Å²) in [6, 6.07) is 4.22. The number of hydrogen-bond donors (Lipinski definition) is 1. The highest BCUT2D eigenvalue weighted by Crippen LogP contribution is 2.23. The molecule has 5 heteroatoms. The molecule has 0 saturated heterocycles. The highest BCUT2D eigenvalue weighted by Gasteiger charge is 2.28. The topological polar surface area (TPSA) is 38.3 Å². The van der Waals surface area contributed by atoms with Gasteiger partial charge in [-0.1, -0.05) is 11.6 Å². The van der Waals surface area contributed by atoms with Gasteiger partial charge in [-0.15, -0.1) is 0 Å². The van der Waals surface area contributed by atoms with E-state index in [4.69, 9.17) is 11.6 Å².